The summed E-state index contributed by atoms with van der Waals surface area (Å²) in [4.78, 5) is 26.4. The number of rotatable bonds is 7. The van der Waals surface area contributed by atoms with Crippen molar-refractivity contribution in [1.29, 1.82) is 0 Å². The molecule has 0 fully saturated rings. The number of fused-ring (bicyclic) bond motifs is 1. The van der Waals surface area contributed by atoms with Gasteiger partial charge in [-0.15, -0.1) is 0 Å². The first-order valence-electron chi connectivity index (χ1n) is 10.7. The van der Waals surface area contributed by atoms with E-state index in [0.717, 1.165) is 27.8 Å². The minimum atomic E-state index is -0.722. The average molecular weight is 431 g/mol. The summed E-state index contributed by atoms with van der Waals surface area (Å²) in [6, 6.07) is 25.2. The number of nitrogens with zero attached hydrogens (tertiary/aromatic N) is 1. The molecule has 0 heterocycles. The zero-order valence-corrected chi connectivity index (χ0v) is 17.6. The summed E-state index contributed by atoms with van der Waals surface area (Å²) in [6.45, 7) is 0.302. The highest BCUT2D eigenvalue weighted by Crippen LogP contribution is 2.37. The lowest BCUT2D eigenvalue weighted by molar-refractivity contribution is -0.140. The number of aliphatic hydroxyl groups is 1. The Kier molecular flexibility index (Phi) is 6.63. The molecule has 1 aliphatic rings. The molecule has 32 heavy (non-hydrogen) atoms. The van der Waals surface area contributed by atoms with Crippen molar-refractivity contribution in [1.82, 2.24) is 10.4 Å². The zero-order valence-electron chi connectivity index (χ0n) is 17.6. The van der Waals surface area contributed by atoms with Gasteiger partial charge in [-0.25, -0.2) is 5.48 Å². The molecule has 6 nitrogen and oxygen atoms in total. The van der Waals surface area contributed by atoms with E-state index in [1.807, 2.05) is 78.9 Å². The van der Waals surface area contributed by atoms with E-state index in [0.29, 0.717) is 13.0 Å². The Morgan fingerprint density at radius 3 is 2.41 bits per heavy atom. The molecule has 0 bridgehead atoms. The summed E-state index contributed by atoms with van der Waals surface area (Å²) in [5.74, 6) is -0.865. The number of nitrogens with one attached hydrogen (secondary N) is 1. The highest BCUT2D eigenvalue weighted by atomic mass is 16.5. The molecule has 0 spiro atoms. The number of hydroxylamine groups is 1. The second-order valence-electron chi connectivity index (χ2n) is 8.04. The molecule has 1 aliphatic carbocycles. The van der Waals surface area contributed by atoms with E-state index in [2.05, 4.69) is 0 Å². The number of hydrogen-bond acceptors (Lipinski definition) is 4. The molecule has 2 amide bonds. The van der Waals surface area contributed by atoms with Crippen LogP contribution in [0.1, 0.15) is 35.6 Å². The van der Waals surface area contributed by atoms with Gasteiger partial charge in [0.25, 0.3) is 0 Å². The van der Waals surface area contributed by atoms with Crippen molar-refractivity contribution >= 4 is 11.8 Å². The second kappa shape index (κ2) is 9.77. The van der Waals surface area contributed by atoms with Gasteiger partial charge < -0.3 is 10.0 Å². The van der Waals surface area contributed by atoms with Gasteiger partial charge in [0.15, 0.2) is 0 Å². The van der Waals surface area contributed by atoms with E-state index >= 15 is 0 Å². The van der Waals surface area contributed by atoms with Gasteiger partial charge in [-0.2, -0.15) is 0 Å². The van der Waals surface area contributed by atoms with E-state index in [4.69, 9.17) is 5.21 Å². The largest absolute Gasteiger partial charge is 0.390 e. The van der Waals surface area contributed by atoms with Gasteiger partial charge in [-0.3, -0.25) is 14.8 Å². The van der Waals surface area contributed by atoms with E-state index in [9.17, 15) is 14.7 Å². The van der Waals surface area contributed by atoms with Crippen LogP contribution in [0, 0.1) is 0 Å². The summed E-state index contributed by atoms with van der Waals surface area (Å²) in [7, 11) is 0. The first-order valence-corrected chi connectivity index (χ1v) is 10.7. The monoisotopic (exact) mass is 430 g/mol. The molecular weight excluding hydrogens is 404 g/mol. The van der Waals surface area contributed by atoms with Crippen molar-refractivity contribution in [3.63, 3.8) is 0 Å². The third-order valence-electron chi connectivity index (χ3n) is 5.90. The van der Waals surface area contributed by atoms with Crippen molar-refractivity contribution in [2.75, 3.05) is 0 Å². The van der Waals surface area contributed by atoms with Crippen LogP contribution in [0.25, 0.3) is 11.1 Å². The van der Waals surface area contributed by atoms with Crippen LogP contribution in [0.15, 0.2) is 78.9 Å². The Labute approximate surface area is 187 Å². The van der Waals surface area contributed by atoms with Crippen molar-refractivity contribution in [3.8, 4) is 11.1 Å². The first kappa shape index (κ1) is 21.7. The fourth-order valence-electron chi connectivity index (χ4n) is 4.37. The van der Waals surface area contributed by atoms with Crippen LogP contribution in [0.5, 0.6) is 0 Å². The van der Waals surface area contributed by atoms with Gasteiger partial charge in [-0.1, -0.05) is 72.8 Å². The third kappa shape index (κ3) is 4.72. The fourth-order valence-corrected chi connectivity index (χ4v) is 4.37. The lowest BCUT2D eigenvalue weighted by Gasteiger charge is -2.32. The van der Waals surface area contributed by atoms with E-state index in [1.165, 1.54) is 0 Å². The Morgan fingerprint density at radius 2 is 1.62 bits per heavy atom. The maximum Gasteiger partial charge on any atom is 0.243 e. The Bertz CT molecular complexity index is 1100. The van der Waals surface area contributed by atoms with Crippen molar-refractivity contribution in [2.45, 2.75) is 38.0 Å². The highest BCUT2D eigenvalue weighted by molar-refractivity contribution is 5.83. The van der Waals surface area contributed by atoms with Crippen molar-refractivity contribution < 1.29 is 19.9 Å². The summed E-state index contributed by atoms with van der Waals surface area (Å²) >= 11 is 0. The summed E-state index contributed by atoms with van der Waals surface area (Å²) < 4.78 is 0. The van der Waals surface area contributed by atoms with Crippen LogP contribution in [-0.2, 0) is 22.6 Å². The molecular formula is C26H26N2O4. The number of carbonyl (C=O) groups excluding carboxylic acids is 2. The predicted molar refractivity (Wildman–Crippen MR) is 120 cm³/mol. The number of carbonyl (C=O) groups is 2. The average Bonchev–Trinajstić information content (AvgIpc) is 3.17. The van der Waals surface area contributed by atoms with Gasteiger partial charge >= 0.3 is 0 Å². The maximum atomic E-state index is 13.2. The van der Waals surface area contributed by atoms with Gasteiger partial charge in [0.1, 0.15) is 0 Å². The normalized spacial score (nSPS) is 16.9. The highest BCUT2D eigenvalue weighted by Gasteiger charge is 2.37. The zero-order chi connectivity index (χ0) is 22.5. The number of benzene rings is 3. The summed E-state index contributed by atoms with van der Waals surface area (Å²) in [5.41, 5.74) is 6.58. The standard InChI is InChI=1S/C26H26N2O4/c29-23-16-21-10-4-5-12-22(21)26(23)28(25(31)14-13-24(30)27-32)17-18-7-6-11-20(15-18)19-8-2-1-3-9-19/h1-12,15,23,26,29,32H,13-14,16-17H2,(H,27,30)/t23-,26+/m1/s1. The minimum absolute atomic E-state index is 0.0594. The summed E-state index contributed by atoms with van der Waals surface area (Å²) in [5, 5.41) is 19.6. The molecule has 0 saturated carbocycles. The second-order valence-corrected chi connectivity index (χ2v) is 8.04. The van der Waals surface area contributed by atoms with Crippen molar-refractivity contribution in [3.05, 3.63) is 95.6 Å². The number of amides is 2. The van der Waals surface area contributed by atoms with Crippen LogP contribution in [0.2, 0.25) is 0 Å². The Hall–Kier alpha value is -3.48. The predicted octanol–water partition coefficient (Wildman–Crippen LogP) is 3.63. The van der Waals surface area contributed by atoms with E-state index in [1.54, 1.807) is 10.4 Å². The van der Waals surface area contributed by atoms with Crippen LogP contribution in [-0.4, -0.2) is 33.1 Å². The first-order chi connectivity index (χ1) is 15.6. The van der Waals surface area contributed by atoms with Gasteiger partial charge in [-0.05, 0) is 33.9 Å². The molecule has 0 aliphatic heterocycles. The van der Waals surface area contributed by atoms with E-state index in [-0.39, 0.29) is 18.7 Å². The SMILES string of the molecule is O=C(CCC(=O)N(Cc1cccc(-c2ccccc2)c1)[C@H]1c2ccccc2C[C@H]1O)NO. The van der Waals surface area contributed by atoms with Crippen LogP contribution >= 0.6 is 0 Å². The lowest BCUT2D eigenvalue weighted by atomic mass is 10.0. The molecule has 6 heteroatoms. The third-order valence-corrected chi connectivity index (χ3v) is 5.90. The molecule has 0 radical (unpaired) electrons. The minimum Gasteiger partial charge on any atom is -0.390 e. The Balaban J connectivity index is 1.64. The molecule has 2 atom stereocenters. The molecule has 3 aromatic rings. The van der Waals surface area contributed by atoms with Gasteiger partial charge in [0.2, 0.25) is 11.8 Å². The molecule has 164 valence electrons. The molecule has 3 N–H and O–H groups in total. The van der Waals surface area contributed by atoms with Crippen molar-refractivity contribution in [2.24, 2.45) is 0 Å². The molecule has 0 unspecified atom stereocenters. The number of hydrogen-bond donors (Lipinski definition) is 3. The topological polar surface area (TPSA) is 89.9 Å². The lowest BCUT2D eigenvalue weighted by Crippen LogP contribution is -2.39. The van der Waals surface area contributed by atoms with Gasteiger partial charge in [0.05, 0.1) is 12.1 Å². The molecule has 0 aromatic heterocycles. The molecule has 4 rings (SSSR count). The maximum absolute atomic E-state index is 13.2. The fraction of sp³-hybridized carbons (Fsp3) is 0.231. The number of aliphatic hydroxyl groups excluding tert-OH is 1. The van der Waals surface area contributed by atoms with Crippen LogP contribution in [0.3, 0.4) is 0 Å². The van der Waals surface area contributed by atoms with E-state index < -0.39 is 18.1 Å². The van der Waals surface area contributed by atoms with Crippen LogP contribution < -0.4 is 5.48 Å². The molecule has 3 aromatic carbocycles. The van der Waals surface area contributed by atoms with Gasteiger partial charge in [0, 0.05) is 25.8 Å². The smallest absolute Gasteiger partial charge is 0.243 e. The summed E-state index contributed by atoms with van der Waals surface area (Å²) in [6.07, 6.45) is -0.428. The molecule has 0 saturated heterocycles. The Morgan fingerprint density at radius 1 is 0.906 bits per heavy atom. The quantitative estimate of drug-likeness (QED) is 0.394. The van der Waals surface area contributed by atoms with Crippen LogP contribution in [0.4, 0.5) is 0 Å².